The number of benzene rings is 1. The number of rotatable bonds is 2. The maximum absolute atomic E-state index is 12.4. The van der Waals surface area contributed by atoms with E-state index in [2.05, 4.69) is 4.98 Å². The summed E-state index contributed by atoms with van der Waals surface area (Å²) >= 11 is 1.73. The molecule has 0 bridgehead atoms. The topological polar surface area (TPSA) is 60.9 Å². The monoisotopic (exact) mass is 325 g/mol. The zero-order valence-electron chi connectivity index (χ0n) is 12.9. The highest BCUT2D eigenvalue weighted by Gasteiger charge is 2.20. The van der Waals surface area contributed by atoms with Gasteiger partial charge in [-0.05, 0) is 36.8 Å². The van der Waals surface area contributed by atoms with E-state index >= 15 is 0 Å². The molecule has 118 valence electrons. The number of aryl methyl sites for hydroxylation is 2. The van der Waals surface area contributed by atoms with Crippen LogP contribution in [0.4, 0.5) is 5.82 Å². The number of hydrogen-bond acceptors (Lipinski definition) is 4. The lowest BCUT2D eigenvalue weighted by Crippen LogP contribution is -2.24. The Morgan fingerprint density at radius 3 is 2.74 bits per heavy atom. The second-order valence-corrected chi connectivity index (χ2v) is 7.18. The third-order valence-corrected chi connectivity index (χ3v) is 5.85. The minimum absolute atomic E-state index is 0.254. The van der Waals surface area contributed by atoms with Crippen molar-refractivity contribution in [2.45, 2.75) is 38.6 Å². The van der Waals surface area contributed by atoms with Crippen molar-refractivity contribution >= 4 is 27.4 Å². The van der Waals surface area contributed by atoms with Crippen LogP contribution in [0.3, 0.4) is 0 Å². The van der Waals surface area contributed by atoms with Crippen LogP contribution < -0.4 is 11.4 Å². The highest BCUT2D eigenvalue weighted by Crippen LogP contribution is 2.37. The summed E-state index contributed by atoms with van der Waals surface area (Å²) in [5.74, 6) is 0.397. The molecule has 2 heterocycles. The molecule has 1 aliphatic carbocycles. The quantitative estimate of drug-likeness (QED) is 0.735. The molecule has 0 amide bonds. The molecule has 0 atom stereocenters. The van der Waals surface area contributed by atoms with Gasteiger partial charge in [-0.15, -0.1) is 11.3 Å². The van der Waals surface area contributed by atoms with Crippen molar-refractivity contribution in [3.05, 3.63) is 56.8 Å². The van der Waals surface area contributed by atoms with Crippen LogP contribution in [0.15, 0.2) is 35.1 Å². The number of aromatic nitrogens is 2. The lowest BCUT2D eigenvalue weighted by atomic mass is 10.1. The average Bonchev–Trinajstić information content (AvgIpc) is 2.76. The molecule has 0 fully saturated rings. The van der Waals surface area contributed by atoms with Crippen LogP contribution in [0.5, 0.6) is 0 Å². The molecule has 4 rings (SSSR count). The molecule has 0 saturated heterocycles. The molecule has 0 radical (unpaired) electrons. The molecule has 5 heteroatoms. The summed E-state index contributed by atoms with van der Waals surface area (Å²) in [5.41, 5.74) is 8.30. The van der Waals surface area contributed by atoms with Crippen molar-refractivity contribution in [1.82, 2.24) is 9.55 Å². The van der Waals surface area contributed by atoms with Crippen LogP contribution >= 0.6 is 11.3 Å². The number of thiophene rings is 1. The summed E-state index contributed by atoms with van der Waals surface area (Å²) in [6.45, 7) is 0.544. The van der Waals surface area contributed by atoms with Gasteiger partial charge in [0.25, 0.3) is 0 Å². The molecular weight excluding hydrogens is 306 g/mol. The fourth-order valence-electron chi connectivity index (χ4n) is 3.39. The number of nitrogens with two attached hydrogens (primary N) is 1. The first-order valence-electron chi connectivity index (χ1n) is 8.08. The number of nitrogen functional groups attached to an aromatic ring is 1. The second kappa shape index (κ2) is 5.81. The van der Waals surface area contributed by atoms with Crippen molar-refractivity contribution in [2.24, 2.45) is 0 Å². The predicted octanol–water partition coefficient (Wildman–Crippen LogP) is 3.36. The van der Waals surface area contributed by atoms with Gasteiger partial charge in [-0.3, -0.25) is 4.57 Å². The first-order valence-corrected chi connectivity index (χ1v) is 8.90. The Labute approximate surface area is 138 Å². The standard InChI is InChI=1S/C18H19N3OS/c19-16-15-13-9-5-2-6-10-14(13)23-17(15)21(18(22)20-16)11-12-7-3-1-4-8-12/h1,3-4,7-8H,2,5-6,9-11H2,(H2,19,20,22). The first-order chi connectivity index (χ1) is 11.2. The smallest absolute Gasteiger partial charge is 0.350 e. The van der Waals surface area contributed by atoms with E-state index in [1.165, 1.54) is 29.7 Å². The average molecular weight is 325 g/mol. The van der Waals surface area contributed by atoms with E-state index in [9.17, 15) is 4.79 Å². The molecule has 0 unspecified atom stereocenters. The van der Waals surface area contributed by atoms with E-state index in [1.807, 2.05) is 30.3 Å². The van der Waals surface area contributed by atoms with E-state index in [0.29, 0.717) is 12.4 Å². The van der Waals surface area contributed by atoms with Crippen LogP contribution in [0, 0.1) is 0 Å². The minimum atomic E-state index is -0.254. The van der Waals surface area contributed by atoms with Gasteiger partial charge >= 0.3 is 5.69 Å². The second-order valence-electron chi connectivity index (χ2n) is 6.10. The van der Waals surface area contributed by atoms with Crippen LogP contribution in [0.1, 0.15) is 35.3 Å². The van der Waals surface area contributed by atoms with Crippen LogP contribution in [0.25, 0.3) is 10.2 Å². The van der Waals surface area contributed by atoms with Gasteiger partial charge in [0, 0.05) is 4.88 Å². The van der Waals surface area contributed by atoms with Crippen molar-refractivity contribution in [2.75, 3.05) is 5.73 Å². The van der Waals surface area contributed by atoms with Gasteiger partial charge in [0.15, 0.2) is 0 Å². The van der Waals surface area contributed by atoms with E-state index < -0.39 is 0 Å². The Hall–Kier alpha value is -2.14. The zero-order chi connectivity index (χ0) is 15.8. The largest absolute Gasteiger partial charge is 0.383 e. The fourth-order valence-corrected chi connectivity index (χ4v) is 4.78. The van der Waals surface area contributed by atoms with E-state index in [-0.39, 0.29) is 5.69 Å². The highest BCUT2D eigenvalue weighted by molar-refractivity contribution is 7.19. The fraction of sp³-hybridized carbons (Fsp3) is 0.333. The van der Waals surface area contributed by atoms with Crippen LogP contribution in [-0.2, 0) is 19.4 Å². The molecular formula is C18H19N3OS. The highest BCUT2D eigenvalue weighted by atomic mass is 32.1. The predicted molar refractivity (Wildman–Crippen MR) is 95.1 cm³/mol. The zero-order valence-corrected chi connectivity index (χ0v) is 13.7. The first kappa shape index (κ1) is 14.5. The minimum Gasteiger partial charge on any atom is -0.383 e. The summed E-state index contributed by atoms with van der Waals surface area (Å²) in [6, 6.07) is 10.0. The van der Waals surface area contributed by atoms with Crippen molar-refractivity contribution in [1.29, 1.82) is 0 Å². The van der Waals surface area contributed by atoms with E-state index in [0.717, 1.165) is 28.6 Å². The number of nitrogens with zero attached hydrogens (tertiary/aromatic N) is 2. The Morgan fingerprint density at radius 1 is 1.13 bits per heavy atom. The van der Waals surface area contributed by atoms with E-state index in [4.69, 9.17) is 5.73 Å². The molecule has 3 aromatic rings. The Balaban J connectivity index is 1.92. The maximum Gasteiger partial charge on any atom is 0.350 e. The van der Waals surface area contributed by atoms with Gasteiger partial charge in [-0.1, -0.05) is 36.8 Å². The van der Waals surface area contributed by atoms with Crippen molar-refractivity contribution in [3.63, 3.8) is 0 Å². The van der Waals surface area contributed by atoms with Gasteiger partial charge in [0.2, 0.25) is 0 Å². The van der Waals surface area contributed by atoms with Gasteiger partial charge in [-0.2, -0.15) is 4.98 Å². The normalized spacial score (nSPS) is 14.6. The lowest BCUT2D eigenvalue weighted by molar-refractivity contribution is 0.713. The molecule has 0 aliphatic heterocycles. The number of hydrogen-bond donors (Lipinski definition) is 1. The third kappa shape index (κ3) is 2.55. The number of anilines is 1. The lowest BCUT2D eigenvalue weighted by Gasteiger charge is -2.09. The molecule has 4 nitrogen and oxygen atoms in total. The third-order valence-electron chi connectivity index (χ3n) is 4.53. The molecule has 1 aliphatic rings. The maximum atomic E-state index is 12.4. The van der Waals surface area contributed by atoms with Crippen molar-refractivity contribution < 1.29 is 0 Å². The van der Waals surface area contributed by atoms with Crippen LogP contribution in [-0.4, -0.2) is 9.55 Å². The Morgan fingerprint density at radius 2 is 1.91 bits per heavy atom. The Bertz CT molecular complexity index is 911. The van der Waals surface area contributed by atoms with Gasteiger partial charge in [-0.25, -0.2) is 4.79 Å². The summed E-state index contributed by atoms with van der Waals surface area (Å²) in [4.78, 5) is 18.9. The number of fused-ring (bicyclic) bond motifs is 3. The summed E-state index contributed by atoms with van der Waals surface area (Å²) in [6.07, 6.45) is 5.81. The molecule has 0 saturated carbocycles. The van der Waals surface area contributed by atoms with E-state index in [1.54, 1.807) is 15.9 Å². The molecule has 2 N–H and O–H groups in total. The van der Waals surface area contributed by atoms with Gasteiger partial charge in [0.05, 0.1) is 11.9 Å². The summed E-state index contributed by atoms with van der Waals surface area (Å²) in [5, 5.41) is 1.02. The summed E-state index contributed by atoms with van der Waals surface area (Å²) in [7, 11) is 0. The van der Waals surface area contributed by atoms with Gasteiger partial charge < -0.3 is 5.73 Å². The molecule has 0 spiro atoms. The van der Waals surface area contributed by atoms with Crippen LogP contribution in [0.2, 0.25) is 0 Å². The molecule has 2 aromatic heterocycles. The molecule has 1 aromatic carbocycles. The van der Waals surface area contributed by atoms with Crippen molar-refractivity contribution in [3.8, 4) is 0 Å². The SMILES string of the molecule is Nc1nc(=O)n(Cc2ccccc2)c2sc3c(c12)CCCCC3. The van der Waals surface area contributed by atoms with Gasteiger partial charge in [0.1, 0.15) is 10.6 Å². The Kier molecular flexibility index (Phi) is 3.65. The summed E-state index contributed by atoms with van der Waals surface area (Å²) < 4.78 is 1.78. The molecule has 23 heavy (non-hydrogen) atoms.